The van der Waals surface area contributed by atoms with Crippen LogP contribution in [0.25, 0.3) is 5.65 Å². The second kappa shape index (κ2) is 7.38. The van der Waals surface area contributed by atoms with Crippen molar-refractivity contribution in [1.82, 2.24) is 24.8 Å². The van der Waals surface area contributed by atoms with Gasteiger partial charge >= 0.3 is 0 Å². The third kappa shape index (κ3) is 3.11. The number of rotatable bonds is 3. The van der Waals surface area contributed by atoms with Gasteiger partial charge in [-0.05, 0) is 43.5 Å². The molecule has 1 saturated heterocycles. The van der Waals surface area contributed by atoms with E-state index >= 15 is 0 Å². The number of aromatic nitrogens is 3. The number of benzene rings is 1. The van der Waals surface area contributed by atoms with Crippen LogP contribution in [0.15, 0.2) is 42.7 Å². The van der Waals surface area contributed by atoms with E-state index in [1.54, 1.807) is 28.7 Å². The number of halogens is 1. The zero-order valence-electron chi connectivity index (χ0n) is 15.4. The van der Waals surface area contributed by atoms with Crippen molar-refractivity contribution in [2.24, 2.45) is 0 Å². The molecular weight excluding hydrogens is 361 g/mol. The molecule has 3 aromatic rings. The van der Waals surface area contributed by atoms with Gasteiger partial charge in [0.25, 0.3) is 11.8 Å². The number of hydrogen-bond donors (Lipinski definition) is 1. The highest BCUT2D eigenvalue weighted by Gasteiger charge is 2.31. The van der Waals surface area contributed by atoms with Gasteiger partial charge in [0.15, 0.2) is 5.65 Å². The second-order valence-corrected chi connectivity index (χ2v) is 6.76. The normalized spacial score (nSPS) is 16.9. The quantitative estimate of drug-likeness (QED) is 0.756. The molecule has 1 N–H and O–H groups in total. The third-order valence-corrected chi connectivity index (χ3v) is 5.08. The van der Waals surface area contributed by atoms with Crippen LogP contribution in [0.3, 0.4) is 0 Å². The van der Waals surface area contributed by atoms with E-state index in [4.69, 9.17) is 0 Å². The number of carbonyl (C=O) groups excluding carboxylic acids is 2. The minimum atomic E-state index is -0.437. The molecule has 1 aliphatic rings. The zero-order chi connectivity index (χ0) is 19.7. The van der Waals surface area contributed by atoms with E-state index in [0.29, 0.717) is 23.3 Å². The maximum Gasteiger partial charge on any atom is 0.256 e. The smallest absolute Gasteiger partial charge is 0.256 e. The molecule has 7 nitrogen and oxygen atoms in total. The Kier molecular flexibility index (Phi) is 4.77. The molecule has 0 bridgehead atoms. The maximum atomic E-state index is 13.6. The van der Waals surface area contributed by atoms with Gasteiger partial charge in [-0.25, -0.2) is 13.9 Å². The Morgan fingerprint density at radius 2 is 2.11 bits per heavy atom. The number of likely N-dealkylation sites (tertiary alicyclic amines) is 1. The van der Waals surface area contributed by atoms with Crippen LogP contribution in [-0.4, -0.2) is 44.9 Å². The lowest BCUT2D eigenvalue weighted by Crippen LogP contribution is -2.39. The lowest BCUT2D eigenvalue weighted by Gasteiger charge is -2.36. The summed E-state index contributed by atoms with van der Waals surface area (Å²) in [6, 6.07) is 7.32. The Morgan fingerprint density at radius 1 is 1.25 bits per heavy atom. The van der Waals surface area contributed by atoms with Gasteiger partial charge in [-0.2, -0.15) is 5.10 Å². The van der Waals surface area contributed by atoms with Crippen molar-refractivity contribution < 1.29 is 14.0 Å². The summed E-state index contributed by atoms with van der Waals surface area (Å²) in [5, 5.41) is 6.92. The number of hydrogen-bond acceptors (Lipinski definition) is 4. The number of piperidine rings is 1. The summed E-state index contributed by atoms with van der Waals surface area (Å²) in [6.45, 7) is 0.577. The summed E-state index contributed by atoms with van der Waals surface area (Å²) >= 11 is 0. The van der Waals surface area contributed by atoms with Crippen LogP contribution < -0.4 is 5.32 Å². The molecule has 0 saturated carbocycles. The van der Waals surface area contributed by atoms with Gasteiger partial charge in [-0.15, -0.1) is 0 Å². The molecule has 0 aliphatic carbocycles. The number of fused-ring (bicyclic) bond motifs is 1. The molecule has 144 valence electrons. The van der Waals surface area contributed by atoms with Crippen LogP contribution >= 0.6 is 0 Å². The molecule has 1 aromatic carbocycles. The minimum absolute atomic E-state index is 0.215. The molecule has 0 radical (unpaired) electrons. The van der Waals surface area contributed by atoms with Crippen molar-refractivity contribution in [2.75, 3.05) is 13.6 Å². The Labute approximate surface area is 161 Å². The summed E-state index contributed by atoms with van der Waals surface area (Å²) in [6.07, 6.45) is 5.71. The van der Waals surface area contributed by atoms with Crippen LogP contribution in [0.2, 0.25) is 0 Å². The highest BCUT2D eigenvalue weighted by molar-refractivity contribution is 5.99. The number of carbonyl (C=O) groups is 2. The van der Waals surface area contributed by atoms with Crippen molar-refractivity contribution in [3.63, 3.8) is 0 Å². The fourth-order valence-corrected chi connectivity index (χ4v) is 3.73. The molecule has 0 spiro atoms. The number of nitrogens with one attached hydrogen (secondary N) is 1. The maximum absolute atomic E-state index is 13.6. The summed E-state index contributed by atoms with van der Waals surface area (Å²) in [7, 11) is 1.55. The minimum Gasteiger partial charge on any atom is -0.355 e. The van der Waals surface area contributed by atoms with Gasteiger partial charge in [-0.3, -0.25) is 9.59 Å². The van der Waals surface area contributed by atoms with Crippen molar-refractivity contribution >= 4 is 17.5 Å². The van der Waals surface area contributed by atoms with E-state index in [9.17, 15) is 14.0 Å². The lowest BCUT2D eigenvalue weighted by atomic mass is 9.97. The summed E-state index contributed by atoms with van der Waals surface area (Å²) in [5.74, 6) is -0.920. The first kappa shape index (κ1) is 18.1. The molecule has 3 heterocycles. The fraction of sp³-hybridized carbons (Fsp3) is 0.300. The molecule has 2 aromatic heterocycles. The van der Waals surface area contributed by atoms with E-state index in [1.807, 2.05) is 6.07 Å². The highest BCUT2D eigenvalue weighted by atomic mass is 19.1. The fourth-order valence-electron chi connectivity index (χ4n) is 3.73. The second-order valence-electron chi connectivity index (χ2n) is 6.76. The molecule has 1 aliphatic heterocycles. The predicted octanol–water partition coefficient (Wildman–Crippen LogP) is 2.60. The van der Waals surface area contributed by atoms with E-state index in [2.05, 4.69) is 15.4 Å². The van der Waals surface area contributed by atoms with Crippen molar-refractivity contribution in [3.05, 3.63) is 65.4 Å². The molecular formula is C20H20FN5O2. The van der Waals surface area contributed by atoms with Crippen LogP contribution in [-0.2, 0) is 0 Å². The Hall–Kier alpha value is -3.29. The molecule has 28 heavy (non-hydrogen) atoms. The molecule has 1 atom stereocenters. The SMILES string of the molecule is CNC(=O)c1cnn2c(C3CCCCN3C(=O)c3cccc(F)c3)ccnc12. The van der Waals surface area contributed by atoms with Gasteiger partial charge in [-0.1, -0.05) is 6.07 Å². The molecule has 1 fully saturated rings. The molecule has 1 unspecified atom stereocenters. The average Bonchev–Trinajstić information content (AvgIpc) is 3.17. The first-order valence-corrected chi connectivity index (χ1v) is 9.21. The van der Waals surface area contributed by atoms with E-state index in [1.165, 1.54) is 24.4 Å². The van der Waals surface area contributed by atoms with Gasteiger partial charge in [0.1, 0.15) is 11.4 Å². The van der Waals surface area contributed by atoms with Gasteiger partial charge < -0.3 is 10.2 Å². The highest BCUT2D eigenvalue weighted by Crippen LogP contribution is 2.32. The number of nitrogens with zero attached hydrogens (tertiary/aromatic N) is 4. The van der Waals surface area contributed by atoms with E-state index in [0.717, 1.165) is 25.0 Å². The molecule has 2 amide bonds. The van der Waals surface area contributed by atoms with Crippen LogP contribution in [0.1, 0.15) is 51.7 Å². The van der Waals surface area contributed by atoms with Gasteiger partial charge in [0.2, 0.25) is 0 Å². The van der Waals surface area contributed by atoms with Gasteiger partial charge in [0.05, 0.1) is 17.9 Å². The van der Waals surface area contributed by atoms with E-state index in [-0.39, 0.29) is 17.9 Å². The van der Waals surface area contributed by atoms with Crippen molar-refractivity contribution in [1.29, 1.82) is 0 Å². The standard InChI is InChI=1S/C20H20FN5O2/c1-22-19(27)15-12-24-26-17(8-9-23-18(15)26)16-7-2-3-10-25(16)20(28)13-5-4-6-14(21)11-13/h4-6,8-9,11-12,16H,2-3,7,10H2,1H3,(H,22,27). The first-order chi connectivity index (χ1) is 13.6. The van der Waals surface area contributed by atoms with Crippen LogP contribution in [0, 0.1) is 5.82 Å². The summed E-state index contributed by atoms with van der Waals surface area (Å²) in [4.78, 5) is 31.2. The van der Waals surface area contributed by atoms with E-state index < -0.39 is 5.82 Å². The van der Waals surface area contributed by atoms with Crippen LogP contribution in [0.4, 0.5) is 4.39 Å². The predicted molar refractivity (Wildman–Crippen MR) is 100 cm³/mol. The third-order valence-electron chi connectivity index (χ3n) is 5.08. The molecule has 8 heteroatoms. The largest absolute Gasteiger partial charge is 0.355 e. The molecule has 4 rings (SSSR count). The van der Waals surface area contributed by atoms with Crippen molar-refractivity contribution in [2.45, 2.75) is 25.3 Å². The Bertz CT molecular complexity index is 1050. The zero-order valence-corrected chi connectivity index (χ0v) is 15.4. The Morgan fingerprint density at radius 3 is 2.89 bits per heavy atom. The monoisotopic (exact) mass is 381 g/mol. The number of amides is 2. The Balaban J connectivity index is 1.75. The van der Waals surface area contributed by atoms with Crippen molar-refractivity contribution in [3.8, 4) is 0 Å². The average molecular weight is 381 g/mol. The summed E-state index contributed by atoms with van der Waals surface area (Å²) < 4.78 is 15.2. The first-order valence-electron chi connectivity index (χ1n) is 9.21. The van der Waals surface area contributed by atoms with Gasteiger partial charge in [0, 0.05) is 25.4 Å². The van der Waals surface area contributed by atoms with Crippen LogP contribution in [0.5, 0.6) is 0 Å². The summed E-state index contributed by atoms with van der Waals surface area (Å²) in [5.41, 5.74) is 1.93. The lowest BCUT2D eigenvalue weighted by molar-refractivity contribution is 0.0602. The topological polar surface area (TPSA) is 79.6 Å².